The zero-order valence-electron chi connectivity index (χ0n) is 13.5. The predicted molar refractivity (Wildman–Crippen MR) is 78.5 cm³/mol. The largest absolute Gasteiger partial charge is 0.372 e. The molecule has 0 fully saturated rings. The molecule has 1 unspecified atom stereocenters. The van der Waals surface area contributed by atoms with E-state index in [0.29, 0.717) is 19.6 Å². The van der Waals surface area contributed by atoms with E-state index in [9.17, 15) is 4.79 Å². The molecule has 0 radical (unpaired) electrons. The van der Waals surface area contributed by atoms with Gasteiger partial charge < -0.3 is 19.6 Å². The Kier molecular flexibility index (Phi) is 8.46. The predicted octanol–water partition coefficient (Wildman–Crippen LogP) is 2.56. The maximum atomic E-state index is 11.1. The lowest BCUT2D eigenvalue weighted by Crippen LogP contribution is -2.39. The maximum Gasteiger partial charge on any atom is 0.129 e. The number of ether oxygens (including phenoxy) is 2. The fraction of sp³-hybridized carbons (Fsp3) is 0.933. The molecule has 0 saturated carbocycles. The number of nitrogens with one attached hydrogen (secondary N) is 1. The van der Waals surface area contributed by atoms with E-state index in [-0.39, 0.29) is 17.0 Å². The van der Waals surface area contributed by atoms with Crippen LogP contribution >= 0.6 is 0 Å². The molecule has 0 aliphatic carbocycles. The minimum absolute atomic E-state index is 0.216. The summed E-state index contributed by atoms with van der Waals surface area (Å²) in [7, 11) is 1.91. The number of carbonyl (C=O) groups is 1. The van der Waals surface area contributed by atoms with Crippen molar-refractivity contribution in [1.82, 2.24) is 5.32 Å². The van der Waals surface area contributed by atoms with Gasteiger partial charge in [-0.05, 0) is 47.6 Å². The van der Waals surface area contributed by atoms with Crippen molar-refractivity contribution in [3.8, 4) is 0 Å². The molecular formula is C15H31NO3. The van der Waals surface area contributed by atoms with Gasteiger partial charge in [-0.25, -0.2) is 0 Å². The summed E-state index contributed by atoms with van der Waals surface area (Å²) in [6.45, 7) is 11.9. The lowest BCUT2D eigenvalue weighted by atomic mass is 9.95. The number of Topliss-reactive ketones (excluding diaryl/α,β-unsaturated/α-hetero) is 1. The summed E-state index contributed by atoms with van der Waals surface area (Å²) in [5.41, 5.74) is -0.543. The second-order valence-corrected chi connectivity index (χ2v) is 6.01. The van der Waals surface area contributed by atoms with E-state index in [2.05, 4.69) is 19.2 Å². The molecule has 4 heteroatoms. The van der Waals surface area contributed by atoms with Crippen LogP contribution in [-0.4, -0.2) is 43.8 Å². The Morgan fingerprint density at radius 1 is 1.21 bits per heavy atom. The van der Waals surface area contributed by atoms with Crippen LogP contribution in [0.3, 0.4) is 0 Å². The summed E-state index contributed by atoms with van der Waals surface area (Å²) in [4.78, 5) is 11.1. The monoisotopic (exact) mass is 273 g/mol. The van der Waals surface area contributed by atoms with Crippen LogP contribution in [0.1, 0.15) is 53.9 Å². The summed E-state index contributed by atoms with van der Waals surface area (Å²) in [6, 6.07) is 0. The van der Waals surface area contributed by atoms with Gasteiger partial charge in [0.1, 0.15) is 5.78 Å². The molecule has 114 valence electrons. The first-order chi connectivity index (χ1) is 8.74. The molecular weight excluding hydrogens is 242 g/mol. The third-order valence-corrected chi connectivity index (χ3v) is 3.37. The van der Waals surface area contributed by atoms with Crippen LogP contribution in [-0.2, 0) is 14.3 Å². The molecule has 1 atom stereocenters. The van der Waals surface area contributed by atoms with E-state index >= 15 is 0 Å². The van der Waals surface area contributed by atoms with Crippen molar-refractivity contribution in [2.45, 2.75) is 65.1 Å². The van der Waals surface area contributed by atoms with Crippen molar-refractivity contribution in [2.75, 3.05) is 26.8 Å². The summed E-state index contributed by atoms with van der Waals surface area (Å²) in [5, 5.41) is 3.05. The first kappa shape index (κ1) is 18.6. The third-order valence-electron chi connectivity index (χ3n) is 3.37. The van der Waals surface area contributed by atoms with Crippen LogP contribution in [0.2, 0.25) is 0 Å². The SMILES string of the molecule is CCC(C)(CCC(C)=O)OCC(C)(C)OCCNC. The van der Waals surface area contributed by atoms with E-state index in [0.717, 1.165) is 19.4 Å². The average Bonchev–Trinajstić information content (AvgIpc) is 2.34. The molecule has 4 nitrogen and oxygen atoms in total. The van der Waals surface area contributed by atoms with Crippen LogP contribution in [0.25, 0.3) is 0 Å². The fourth-order valence-electron chi connectivity index (χ4n) is 1.61. The van der Waals surface area contributed by atoms with Crippen LogP contribution in [0.5, 0.6) is 0 Å². The topological polar surface area (TPSA) is 47.6 Å². The highest BCUT2D eigenvalue weighted by Crippen LogP contribution is 2.24. The lowest BCUT2D eigenvalue weighted by molar-refractivity contribution is -0.133. The van der Waals surface area contributed by atoms with E-state index in [1.54, 1.807) is 6.92 Å². The Balaban J connectivity index is 4.19. The summed E-state index contributed by atoms with van der Waals surface area (Å²) in [5.74, 6) is 0.216. The summed E-state index contributed by atoms with van der Waals surface area (Å²) < 4.78 is 11.8. The molecule has 0 aliphatic heterocycles. The molecule has 0 amide bonds. The smallest absolute Gasteiger partial charge is 0.129 e. The lowest BCUT2D eigenvalue weighted by Gasteiger charge is -2.34. The number of carbonyl (C=O) groups excluding carboxylic acids is 1. The molecule has 1 N–H and O–H groups in total. The zero-order valence-corrected chi connectivity index (χ0v) is 13.5. The number of ketones is 1. The van der Waals surface area contributed by atoms with E-state index in [1.165, 1.54) is 0 Å². The minimum Gasteiger partial charge on any atom is -0.372 e. The summed E-state index contributed by atoms with van der Waals surface area (Å²) >= 11 is 0. The second kappa shape index (κ2) is 8.67. The molecule has 0 aromatic carbocycles. The first-order valence-electron chi connectivity index (χ1n) is 7.16. The second-order valence-electron chi connectivity index (χ2n) is 6.01. The van der Waals surface area contributed by atoms with Crippen molar-refractivity contribution in [3.05, 3.63) is 0 Å². The number of rotatable bonds is 11. The van der Waals surface area contributed by atoms with Gasteiger partial charge in [-0.15, -0.1) is 0 Å². The van der Waals surface area contributed by atoms with Gasteiger partial charge in [-0.3, -0.25) is 0 Å². The fourth-order valence-corrected chi connectivity index (χ4v) is 1.61. The quantitative estimate of drug-likeness (QED) is 0.588. The summed E-state index contributed by atoms with van der Waals surface area (Å²) in [6.07, 6.45) is 2.24. The Labute approximate surface area is 118 Å². The molecule has 0 aromatic rings. The average molecular weight is 273 g/mol. The standard InChI is InChI=1S/C15H31NO3/c1-7-15(5,9-8-13(2)17)19-12-14(3,4)18-11-10-16-6/h16H,7-12H2,1-6H3. The van der Waals surface area contributed by atoms with E-state index in [1.807, 2.05) is 20.9 Å². The molecule has 0 rings (SSSR count). The molecule has 0 heterocycles. The number of likely N-dealkylation sites (N-methyl/N-ethyl adjacent to an activating group) is 1. The third kappa shape index (κ3) is 9.14. The molecule has 0 aliphatic rings. The van der Waals surface area contributed by atoms with Crippen LogP contribution < -0.4 is 5.32 Å². The van der Waals surface area contributed by atoms with Gasteiger partial charge in [-0.2, -0.15) is 0 Å². The van der Waals surface area contributed by atoms with Gasteiger partial charge >= 0.3 is 0 Å². The van der Waals surface area contributed by atoms with Crippen molar-refractivity contribution in [3.63, 3.8) is 0 Å². The highest BCUT2D eigenvalue weighted by molar-refractivity contribution is 5.75. The van der Waals surface area contributed by atoms with Crippen molar-refractivity contribution in [1.29, 1.82) is 0 Å². The Morgan fingerprint density at radius 2 is 1.84 bits per heavy atom. The molecule has 0 bridgehead atoms. The Bertz CT molecular complexity index is 266. The van der Waals surface area contributed by atoms with Gasteiger partial charge in [0.15, 0.2) is 0 Å². The molecule has 0 spiro atoms. The van der Waals surface area contributed by atoms with Gasteiger partial charge in [-0.1, -0.05) is 6.92 Å². The highest BCUT2D eigenvalue weighted by atomic mass is 16.6. The molecule has 0 saturated heterocycles. The highest BCUT2D eigenvalue weighted by Gasteiger charge is 2.28. The Morgan fingerprint density at radius 3 is 2.32 bits per heavy atom. The molecule has 0 aromatic heterocycles. The first-order valence-corrected chi connectivity index (χ1v) is 7.16. The van der Waals surface area contributed by atoms with Crippen molar-refractivity contribution < 1.29 is 14.3 Å². The van der Waals surface area contributed by atoms with Gasteiger partial charge in [0, 0.05) is 13.0 Å². The number of hydrogen-bond donors (Lipinski definition) is 1. The van der Waals surface area contributed by atoms with Gasteiger partial charge in [0.05, 0.1) is 24.4 Å². The van der Waals surface area contributed by atoms with Crippen LogP contribution in [0, 0.1) is 0 Å². The number of hydrogen-bond acceptors (Lipinski definition) is 4. The Hall–Kier alpha value is -0.450. The maximum absolute atomic E-state index is 11.1. The van der Waals surface area contributed by atoms with Crippen LogP contribution in [0.15, 0.2) is 0 Å². The molecule has 19 heavy (non-hydrogen) atoms. The van der Waals surface area contributed by atoms with Crippen LogP contribution in [0.4, 0.5) is 0 Å². The van der Waals surface area contributed by atoms with E-state index < -0.39 is 0 Å². The van der Waals surface area contributed by atoms with Gasteiger partial charge in [0.2, 0.25) is 0 Å². The minimum atomic E-state index is -0.302. The normalized spacial score (nSPS) is 15.3. The zero-order chi connectivity index (χ0) is 14.9. The van der Waals surface area contributed by atoms with Crippen molar-refractivity contribution >= 4 is 5.78 Å². The van der Waals surface area contributed by atoms with E-state index in [4.69, 9.17) is 9.47 Å². The van der Waals surface area contributed by atoms with Crippen molar-refractivity contribution in [2.24, 2.45) is 0 Å². The van der Waals surface area contributed by atoms with Gasteiger partial charge in [0.25, 0.3) is 0 Å².